The monoisotopic (exact) mass is 517 g/mol. The zero-order valence-electron chi connectivity index (χ0n) is 14.1. The molecule has 10 heteroatoms. The normalized spacial score (nSPS) is 22.4. The van der Waals surface area contributed by atoms with Crippen LogP contribution in [-0.4, -0.2) is 52.9 Å². The van der Waals surface area contributed by atoms with Gasteiger partial charge in [-0.1, -0.05) is 12.1 Å². The summed E-state index contributed by atoms with van der Waals surface area (Å²) in [6.45, 7) is 1.08. The van der Waals surface area contributed by atoms with Crippen LogP contribution in [-0.2, 0) is 13.1 Å². The van der Waals surface area contributed by atoms with Gasteiger partial charge in [0.1, 0.15) is 0 Å². The van der Waals surface area contributed by atoms with E-state index in [1.807, 2.05) is 22.8 Å². The number of hydrogen-bond donors (Lipinski definition) is 3. The first-order valence-electron chi connectivity index (χ1n) is 8.35. The Kier molecular flexibility index (Phi) is 5.74. The van der Waals surface area contributed by atoms with Crippen LogP contribution in [0.4, 0.5) is 5.82 Å². The molecule has 3 aromatic rings. The van der Waals surface area contributed by atoms with Gasteiger partial charge in [0.2, 0.25) is 5.28 Å². The predicted molar refractivity (Wildman–Crippen MR) is 115 cm³/mol. The number of nitrogens with one attached hydrogen (secondary N) is 1. The molecule has 1 saturated heterocycles. The van der Waals surface area contributed by atoms with E-state index in [1.54, 1.807) is 18.1 Å². The maximum absolute atomic E-state index is 10.1. The van der Waals surface area contributed by atoms with Gasteiger partial charge in [0.05, 0.1) is 23.8 Å². The molecule has 2 aromatic heterocycles. The number of rotatable bonds is 5. The van der Waals surface area contributed by atoms with Crippen molar-refractivity contribution in [3.05, 3.63) is 45.0 Å². The number of thioether (sulfide) groups is 1. The summed E-state index contributed by atoms with van der Waals surface area (Å²) in [6, 6.07) is 8.18. The van der Waals surface area contributed by atoms with Crippen LogP contribution >= 0.6 is 46.0 Å². The van der Waals surface area contributed by atoms with Crippen LogP contribution in [0.15, 0.2) is 30.6 Å². The molecule has 27 heavy (non-hydrogen) atoms. The lowest BCUT2D eigenvalue weighted by Gasteiger charge is -2.16. The molecule has 0 saturated carbocycles. The molecule has 1 fully saturated rings. The minimum Gasteiger partial charge on any atom is -0.390 e. The molecular formula is C17H17ClIN5O2S. The second-order valence-electron chi connectivity index (χ2n) is 6.32. The van der Waals surface area contributed by atoms with Gasteiger partial charge in [-0.15, -0.1) is 0 Å². The number of imidazole rings is 1. The number of halogens is 2. The molecule has 1 aromatic carbocycles. The van der Waals surface area contributed by atoms with Gasteiger partial charge in [-0.2, -0.15) is 21.7 Å². The second-order valence-corrected chi connectivity index (χ2v) is 9.18. The van der Waals surface area contributed by atoms with Crippen LogP contribution < -0.4 is 5.32 Å². The number of hydrogen-bond acceptors (Lipinski definition) is 7. The molecule has 3 heterocycles. The first-order valence-corrected chi connectivity index (χ1v) is 10.9. The first-order chi connectivity index (χ1) is 13.0. The third-order valence-electron chi connectivity index (χ3n) is 4.42. The Bertz CT molecular complexity index is 972. The Morgan fingerprint density at radius 2 is 2.19 bits per heavy atom. The maximum atomic E-state index is 10.1. The summed E-state index contributed by atoms with van der Waals surface area (Å²) in [4.78, 5) is 13.0. The van der Waals surface area contributed by atoms with Crippen LogP contribution in [0.3, 0.4) is 0 Å². The maximum Gasteiger partial charge on any atom is 0.226 e. The van der Waals surface area contributed by atoms with E-state index in [4.69, 9.17) is 11.6 Å². The fourth-order valence-corrected chi connectivity index (χ4v) is 5.09. The molecule has 3 atom stereocenters. The molecule has 0 amide bonds. The lowest BCUT2D eigenvalue weighted by molar-refractivity contribution is 0.0396. The van der Waals surface area contributed by atoms with E-state index in [0.29, 0.717) is 35.8 Å². The van der Waals surface area contributed by atoms with Crippen LogP contribution in [0.1, 0.15) is 5.56 Å². The minimum absolute atomic E-state index is 0.117. The zero-order chi connectivity index (χ0) is 19.0. The first kappa shape index (κ1) is 19.2. The van der Waals surface area contributed by atoms with Crippen molar-refractivity contribution in [3.63, 3.8) is 0 Å². The van der Waals surface area contributed by atoms with Crippen molar-refractivity contribution in [2.45, 2.75) is 30.5 Å². The quantitative estimate of drug-likeness (QED) is 0.354. The summed E-state index contributed by atoms with van der Waals surface area (Å²) in [5.74, 6) is 1.10. The molecular weight excluding hydrogens is 501 g/mol. The number of benzene rings is 1. The molecule has 0 spiro atoms. The lowest BCUT2D eigenvalue weighted by atomic mass is 10.1. The Balaban J connectivity index is 1.58. The van der Waals surface area contributed by atoms with E-state index in [2.05, 4.69) is 48.9 Å². The molecule has 1 aliphatic heterocycles. The molecule has 1 aliphatic rings. The number of aliphatic hydroxyl groups is 2. The summed E-state index contributed by atoms with van der Waals surface area (Å²) >= 11 is 9.95. The fraction of sp³-hybridized carbons (Fsp3) is 0.353. The summed E-state index contributed by atoms with van der Waals surface area (Å²) in [7, 11) is 0. The van der Waals surface area contributed by atoms with Crippen molar-refractivity contribution in [1.29, 1.82) is 0 Å². The topological polar surface area (TPSA) is 96.1 Å². The van der Waals surface area contributed by atoms with Crippen molar-refractivity contribution < 1.29 is 10.2 Å². The summed E-state index contributed by atoms with van der Waals surface area (Å²) < 4.78 is 3.01. The second kappa shape index (κ2) is 8.08. The molecule has 4 rings (SSSR count). The van der Waals surface area contributed by atoms with E-state index >= 15 is 0 Å². The van der Waals surface area contributed by atoms with E-state index in [-0.39, 0.29) is 10.5 Å². The van der Waals surface area contributed by atoms with Gasteiger partial charge in [0.25, 0.3) is 0 Å². The smallest absolute Gasteiger partial charge is 0.226 e. The summed E-state index contributed by atoms with van der Waals surface area (Å²) in [6.07, 6.45) is 0.214. The minimum atomic E-state index is -0.761. The largest absolute Gasteiger partial charge is 0.390 e. The third-order valence-corrected chi connectivity index (χ3v) is 6.65. The highest BCUT2D eigenvalue weighted by Crippen LogP contribution is 2.30. The van der Waals surface area contributed by atoms with Gasteiger partial charge < -0.3 is 20.1 Å². The van der Waals surface area contributed by atoms with Crippen LogP contribution in [0.25, 0.3) is 11.2 Å². The average molecular weight is 518 g/mol. The van der Waals surface area contributed by atoms with Gasteiger partial charge >= 0.3 is 0 Å². The molecule has 142 valence electrons. The Morgan fingerprint density at radius 1 is 1.33 bits per heavy atom. The molecule has 3 N–H and O–H groups in total. The van der Waals surface area contributed by atoms with Crippen LogP contribution in [0, 0.1) is 3.57 Å². The predicted octanol–water partition coefficient (Wildman–Crippen LogP) is 2.53. The summed E-state index contributed by atoms with van der Waals surface area (Å²) in [5.41, 5.74) is 2.36. The van der Waals surface area contributed by atoms with Gasteiger partial charge in [0, 0.05) is 22.4 Å². The van der Waals surface area contributed by atoms with E-state index in [1.165, 1.54) is 0 Å². The van der Waals surface area contributed by atoms with E-state index < -0.39 is 12.2 Å². The highest BCUT2D eigenvalue weighted by molar-refractivity contribution is 14.1. The third kappa shape index (κ3) is 4.16. The molecule has 0 bridgehead atoms. The zero-order valence-corrected chi connectivity index (χ0v) is 17.8. The molecule has 0 aliphatic carbocycles. The molecule has 7 nitrogen and oxygen atoms in total. The SMILES string of the molecule is O[C@@H]1[C@H](O)CS[C@H]1Cn1cnc2c(NCc3cccc(I)c3)nc(Cl)nc21. The van der Waals surface area contributed by atoms with Gasteiger partial charge in [-0.25, -0.2) is 4.98 Å². The van der Waals surface area contributed by atoms with Crippen molar-refractivity contribution in [2.75, 3.05) is 11.1 Å². The van der Waals surface area contributed by atoms with Crippen LogP contribution in [0.2, 0.25) is 5.28 Å². The fourth-order valence-electron chi connectivity index (χ4n) is 3.03. The van der Waals surface area contributed by atoms with Crippen LogP contribution in [0.5, 0.6) is 0 Å². The number of anilines is 1. The van der Waals surface area contributed by atoms with Crippen molar-refractivity contribution in [1.82, 2.24) is 19.5 Å². The number of fused-ring (bicyclic) bond motifs is 1. The Morgan fingerprint density at radius 3 is 2.93 bits per heavy atom. The highest BCUT2D eigenvalue weighted by atomic mass is 127. The van der Waals surface area contributed by atoms with Crippen molar-refractivity contribution in [3.8, 4) is 0 Å². The Hall–Kier alpha value is -1.14. The van der Waals surface area contributed by atoms with Crippen molar-refractivity contribution in [2.24, 2.45) is 0 Å². The highest BCUT2D eigenvalue weighted by Gasteiger charge is 2.34. The molecule has 0 unspecified atom stereocenters. The molecule has 0 radical (unpaired) electrons. The summed E-state index contributed by atoms with van der Waals surface area (Å²) in [5, 5.41) is 23.1. The standard InChI is InChI=1S/C17H17ClIN5O2S/c18-17-22-15(20-5-9-2-1-3-10(19)4-9)13-16(23-17)24(8-21-13)6-12-14(26)11(25)7-27-12/h1-4,8,11-12,14,25-26H,5-7H2,(H,20,22,23)/t11-,12+,14-/m1/s1. The lowest BCUT2D eigenvalue weighted by Crippen LogP contribution is -2.31. The van der Waals surface area contributed by atoms with Crippen molar-refractivity contribution >= 4 is 62.9 Å². The van der Waals surface area contributed by atoms with E-state index in [9.17, 15) is 10.2 Å². The van der Waals surface area contributed by atoms with E-state index in [0.717, 1.165) is 9.13 Å². The number of aliphatic hydroxyl groups excluding tert-OH is 2. The Labute approximate surface area is 178 Å². The van der Waals surface area contributed by atoms with Gasteiger partial charge in [-0.05, 0) is 51.9 Å². The number of nitrogens with zero attached hydrogens (tertiary/aromatic N) is 4. The van der Waals surface area contributed by atoms with Gasteiger partial charge in [-0.3, -0.25) is 0 Å². The average Bonchev–Trinajstić information content (AvgIpc) is 3.18. The number of aromatic nitrogens is 4. The van der Waals surface area contributed by atoms with Gasteiger partial charge in [0.15, 0.2) is 17.0 Å².